The molecular formula is C13H18BrN3S. The normalized spacial score (nSPS) is 15.0. The van der Waals surface area contributed by atoms with Crippen molar-refractivity contribution in [2.75, 3.05) is 0 Å². The van der Waals surface area contributed by atoms with Crippen molar-refractivity contribution >= 4 is 27.3 Å². The second-order valence-electron chi connectivity index (χ2n) is 4.79. The van der Waals surface area contributed by atoms with Gasteiger partial charge < -0.3 is 10.3 Å². The maximum atomic E-state index is 6.18. The fraction of sp³-hybridized carbons (Fsp3) is 0.462. The first-order valence-corrected chi connectivity index (χ1v) is 7.65. The van der Waals surface area contributed by atoms with Crippen LogP contribution in [0.5, 0.6) is 0 Å². The molecule has 2 atom stereocenters. The van der Waals surface area contributed by atoms with Crippen molar-refractivity contribution in [3.8, 4) is 0 Å². The van der Waals surface area contributed by atoms with E-state index in [-0.39, 0.29) is 12.1 Å². The van der Waals surface area contributed by atoms with Crippen LogP contribution in [0.25, 0.3) is 0 Å². The summed E-state index contributed by atoms with van der Waals surface area (Å²) >= 11 is 5.24. The molecule has 2 unspecified atom stereocenters. The van der Waals surface area contributed by atoms with Crippen LogP contribution in [0.4, 0.5) is 0 Å². The predicted molar refractivity (Wildman–Crippen MR) is 80.1 cm³/mol. The Morgan fingerprint density at radius 2 is 2.06 bits per heavy atom. The van der Waals surface area contributed by atoms with Crippen molar-refractivity contribution in [1.82, 2.24) is 9.55 Å². The summed E-state index contributed by atoms with van der Waals surface area (Å²) in [5, 5.41) is 0. The van der Waals surface area contributed by atoms with Crippen molar-refractivity contribution in [2.45, 2.75) is 38.8 Å². The van der Waals surface area contributed by atoms with Crippen molar-refractivity contribution in [2.24, 2.45) is 5.73 Å². The van der Waals surface area contributed by atoms with Gasteiger partial charge in [0, 0.05) is 29.2 Å². The molecule has 0 aliphatic rings. The smallest absolute Gasteiger partial charge is 0.111 e. The molecule has 2 aromatic rings. The monoisotopic (exact) mass is 327 g/mol. The summed E-state index contributed by atoms with van der Waals surface area (Å²) in [5.41, 5.74) is 6.18. The van der Waals surface area contributed by atoms with Gasteiger partial charge in [-0.3, -0.25) is 0 Å². The molecule has 5 heteroatoms. The van der Waals surface area contributed by atoms with E-state index in [1.807, 2.05) is 19.3 Å². The Kier molecular flexibility index (Phi) is 4.25. The fourth-order valence-electron chi connectivity index (χ4n) is 2.14. The lowest BCUT2D eigenvalue weighted by Crippen LogP contribution is -2.30. The molecule has 18 heavy (non-hydrogen) atoms. The van der Waals surface area contributed by atoms with Crippen LogP contribution in [0.1, 0.15) is 43.4 Å². The molecule has 0 spiro atoms. The van der Waals surface area contributed by atoms with E-state index in [0.717, 1.165) is 9.61 Å². The Labute approximate surface area is 120 Å². The molecule has 0 aliphatic carbocycles. The Bertz CT molecular complexity index is 516. The van der Waals surface area contributed by atoms with Gasteiger partial charge in [-0.15, -0.1) is 11.3 Å². The molecule has 0 amide bonds. The molecule has 2 N–H and O–H groups in total. The number of hydrogen-bond acceptors (Lipinski definition) is 3. The number of aromatic nitrogens is 2. The van der Waals surface area contributed by atoms with E-state index < -0.39 is 0 Å². The maximum Gasteiger partial charge on any atom is 0.111 e. The average molecular weight is 328 g/mol. The zero-order valence-corrected chi connectivity index (χ0v) is 13.2. The van der Waals surface area contributed by atoms with E-state index in [0.29, 0.717) is 5.92 Å². The highest BCUT2D eigenvalue weighted by molar-refractivity contribution is 9.11. The van der Waals surface area contributed by atoms with Gasteiger partial charge in [0.1, 0.15) is 5.82 Å². The third-order valence-electron chi connectivity index (χ3n) is 2.90. The first kappa shape index (κ1) is 13.8. The lowest BCUT2D eigenvalue weighted by Gasteiger charge is -2.24. The minimum Gasteiger partial charge on any atom is -0.326 e. The van der Waals surface area contributed by atoms with Gasteiger partial charge in [-0.25, -0.2) is 4.98 Å². The van der Waals surface area contributed by atoms with Crippen LogP contribution in [0.15, 0.2) is 28.3 Å². The molecule has 0 aromatic carbocycles. The molecule has 2 rings (SSSR count). The van der Waals surface area contributed by atoms with Crippen molar-refractivity contribution < 1.29 is 0 Å². The van der Waals surface area contributed by atoms with Crippen LogP contribution >= 0.6 is 27.3 Å². The van der Waals surface area contributed by atoms with E-state index in [1.165, 1.54) is 4.88 Å². The van der Waals surface area contributed by atoms with Crippen molar-refractivity contribution in [3.63, 3.8) is 0 Å². The van der Waals surface area contributed by atoms with E-state index in [2.05, 4.69) is 51.5 Å². The van der Waals surface area contributed by atoms with Gasteiger partial charge in [0.25, 0.3) is 0 Å². The van der Waals surface area contributed by atoms with Crippen LogP contribution in [0, 0.1) is 0 Å². The summed E-state index contributed by atoms with van der Waals surface area (Å²) in [6, 6.07) is 4.40. The van der Waals surface area contributed by atoms with Crippen LogP contribution < -0.4 is 5.73 Å². The van der Waals surface area contributed by atoms with E-state index >= 15 is 0 Å². The standard InChI is InChI=1S/C13H18BrN3S/c1-8(2)13-16-6-7-17(13)12(9(3)15)10-4-5-11(14)18-10/h4-9,12H,15H2,1-3H3. The Balaban J connectivity index is 2.45. The summed E-state index contributed by atoms with van der Waals surface area (Å²) < 4.78 is 3.34. The average Bonchev–Trinajstić information content (AvgIpc) is 2.88. The largest absolute Gasteiger partial charge is 0.326 e. The zero-order valence-electron chi connectivity index (χ0n) is 10.8. The molecule has 0 saturated heterocycles. The Morgan fingerprint density at radius 3 is 2.56 bits per heavy atom. The minimum atomic E-state index is 0.0437. The molecule has 0 aliphatic heterocycles. The minimum absolute atomic E-state index is 0.0437. The van der Waals surface area contributed by atoms with Crippen LogP contribution in [0.3, 0.4) is 0 Å². The molecule has 2 heterocycles. The molecule has 0 radical (unpaired) electrons. The molecule has 3 nitrogen and oxygen atoms in total. The first-order chi connectivity index (χ1) is 8.50. The number of thiophene rings is 1. The molecule has 0 saturated carbocycles. The third kappa shape index (κ3) is 2.68. The number of nitrogens with zero attached hydrogens (tertiary/aromatic N) is 2. The fourth-order valence-corrected chi connectivity index (χ4v) is 3.78. The first-order valence-electron chi connectivity index (χ1n) is 6.04. The second kappa shape index (κ2) is 5.55. The zero-order chi connectivity index (χ0) is 13.3. The lowest BCUT2D eigenvalue weighted by molar-refractivity contribution is 0.477. The van der Waals surface area contributed by atoms with Crippen LogP contribution in [-0.4, -0.2) is 15.6 Å². The quantitative estimate of drug-likeness (QED) is 0.928. The highest BCUT2D eigenvalue weighted by Gasteiger charge is 2.23. The molecule has 98 valence electrons. The SMILES string of the molecule is CC(C)c1nccn1C(c1ccc(Br)s1)C(C)N. The van der Waals surface area contributed by atoms with E-state index in [4.69, 9.17) is 5.73 Å². The highest BCUT2D eigenvalue weighted by Crippen LogP contribution is 2.32. The number of nitrogens with two attached hydrogens (primary N) is 1. The summed E-state index contributed by atoms with van der Waals surface area (Å²) in [4.78, 5) is 5.71. The third-order valence-corrected chi connectivity index (χ3v) is 4.59. The van der Waals surface area contributed by atoms with Crippen molar-refractivity contribution in [1.29, 1.82) is 0 Å². The molecule has 0 bridgehead atoms. The molecule has 0 fully saturated rings. The van der Waals surface area contributed by atoms with Crippen molar-refractivity contribution in [3.05, 3.63) is 39.0 Å². The van der Waals surface area contributed by atoms with Gasteiger partial charge >= 0.3 is 0 Å². The lowest BCUT2D eigenvalue weighted by atomic mass is 10.1. The molecular weight excluding hydrogens is 310 g/mol. The molecule has 2 aromatic heterocycles. The van der Waals surface area contributed by atoms with E-state index in [1.54, 1.807) is 11.3 Å². The number of hydrogen-bond donors (Lipinski definition) is 1. The summed E-state index contributed by atoms with van der Waals surface area (Å²) in [5.74, 6) is 1.48. The van der Waals surface area contributed by atoms with Crippen LogP contribution in [0.2, 0.25) is 0 Å². The summed E-state index contributed by atoms with van der Waals surface area (Å²) in [6.45, 7) is 6.35. The highest BCUT2D eigenvalue weighted by atomic mass is 79.9. The number of imidazole rings is 1. The number of halogens is 1. The second-order valence-corrected chi connectivity index (χ2v) is 7.29. The Hall–Kier alpha value is -0.650. The Morgan fingerprint density at radius 1 is 1.33 bits per heavy atom. The van der Waals surface area contributed by atoms with E-state index in [9.17, 15) is 0 Å². The topological polar surface area (TPSA) is 43.8 Å². The summed E-state index contributed by atoms with van der Waals surface area (Å²) in [6.07, 6.45) is 3.88. The van der Waals surface area contributed by atoms with Crippen LogP contribution in [-0.2, 0) is 0 Å². The predicted octanol–water partition coefficient (Wildman–Crippen LogP) is 3.77. The van der Waals surface area contributed by atoms with Gasteiger partial charge in [-0.1, -0.05) is 13.8 Å². The maximum absolute atomic E-state index is 6.18. The van der Waals surface area contributed by atoms with Gasteiger partial charge in [0.05, 0.1) is 9.83 Å². The summed E-state index contributed by atoms with van der Waals surface area (Å²) in [7, 11) is 0. The van der Waals surface area contributed by atoms with Gasteiger partial charge in [0.2, 0.25) is 0 Å². The van der Waals surface area contributed by atoms with Gasteiger partial charge in [-0.2, -0.15) is 0 Å². The van der Waals surface area contributed by atoms with Gasteiger partial charge in [0.15, 0.2) is 0 Å². The number of rotatable bonds is 4. The van der Waals surface area contributed by atoms with Gasteiger partial charge in [-0.05, 0) is 35.0 Å².